The molecule has 1 aliphatic heterocycles. The molecule has 3 aromatic carbocycles. The van der Waals surface area contributed by atoms with E-state index in [2.05, 4.69) is 26.5 Å². The molecule has 0 radical (unpaired) electrons. The number of aromatic nitrogens is 1. The van der Waals surface area contributed by atoms with Gasteiger partial charge in [0, 0.05) is 57.9 Å². The van der Waals surface area contributed by atoms with Gasteiger partial charge in [0.25, 0.3) is 5.56 Å². The first-order chi connectivity index (χ1) is 20.1. The normalized spacial score (nSPS) is 15.2. The molecular weight excluding hydrogens is 569 g/mol. The fourth-order valence-electron chi connectivity index (χ4n) is 5.82. The fraction of sp³-hybridized carbons (Fsp3) is 0.242. The van der Waals surface area contributed by atoms with Gasteiger partial charge in [-0.2, -0.15) is 5.26 Å². The van der Waals surface area contributed by atoms with E-state index in [4.69, 9.17) is 28.9 Å². The number of nitrogen functional groups attached to an aromatic ring is 1. The van der Waals surface area contributed by atoms with Crippen molar-refractivity contribution in [2.24, 2.45) is 0 Å². The smallest absolute Gasteiger partial charge is 0.275 e. The first-order valence-corrected chi connectivity index (χ1v) is 14.5. The number of benzene rings is 3. The number of carbonyl (C=O) groups excluding carboxylic acids is 1. The number of carbonyl (C=O) groups is 1. The van der Waals surface area contributed by atoms with Crippen molar-refractivity contribution in [3.63, 3.8) is 0 Å². The number of hydrogen-bond acceptors (Lipinski definition) is 5. The van der Waals surface area contributed by atoms with Gasteiger partial charge in [0.05, 0.1) is 16.9 Å². The van der Waals surface area contributed by atoms with Crippen LogP contribution in [0.4, 0.5) is 11.4 Å². The monoisotopic (exact) mass is 599 g/mol. The average Bonchev–Trinajstić information content (AvgIpc) is 2.96. The number of piperazine rings is 1. The zero-order valence-corrected chi connectivity index (χ0v) is 25.2. The third-order valence-corrected chi connectivity index (χ3v) is 8.40. The number of halogens is 2. The highest BCUT2D eigenvalue weighted by atomic mass is 35.5. The first-order valence-electron chi connectivity index (χ1n) is 13.7. The first kappa shape index (κ1) is 29.2. The van der Waals surface area contributed by atoms with Crippen molar-refractivity contribution in [2.45, 2.75) is 32.7 Å². The minimum atomic E-state index is -0.428. The molecule has 0 saturated carbocycles. The Hall–Kier alpha value is -4.25. The molecule has 0 aliphatic carbocycles. The van der Waals surface area contributed by atoms with Gasteiger partial charge in [-0.1, -0.05) is 67.9 Å². The molecular formula is C33H31Cl2N5O2. The third-order valence-electron chi connectivity index (χ3n) is 7.85. The predicted molar refractivity (Wildman–Crippen MR) is 172 cm³/mol. The van der Waals surface area contributed by atoms with Crippen LogP contribution in [0.25, 0.3) is 27.7 Å². The summed E-state index contributed by atoms with van der Waals surface area (Å²) in [6, 6.07) is 18.6. The maximum atomic E-state index is 14.4. The molecule has 214 valence electrons. The van der Waals surface area contributed by atoms with E-state index in [-0.39, 0.29) is 23.4 Å². The molecule has 7 nitrogen and oxygen atoms in total. The summed E-state index contributed by atoms with van der Waals surface area (Å²) in [5.74, 6) is -0.0386. The Labute approximate surface area is 255 Å². The summed E-state index contributed by atoms with van der Waals surface area (Å²) < 4.78 is 1.61. The maximum Gasteiger partial charge on any atom is 0.275 e. The highest BCUT2D eigenvalue weighted by molar-refractivity contribution is 6.35. The van der Waals surface area contributed by atoms with Crippen molar-refractivity contribution in [2.75, 3.05) is 30.3 Å². The molecule has 1 saturated heterocycles. The zero-order valence-electron chi connectivity index (χ0n) is 23.7. The molecule has 0 spiro atoms. The molecule has 1 aromatic heterocycles. The van der Waals surface area contributed by atoms with Gasteiger partial charge >= 0.3 is 0 Å². The minimum Gasteiger partial charge on any atom is -0.398 e. The number of nitriles is 1. The Morgan fingerprint density at radius 2 is 1.86 bits per heavy atom. The lowest BCUT2D eigenvalue weighted by Crippen LogP contribution is -2.54. The molecule has 9 heteroatoms. The molecule has 2 N–H and O–H groups in total. The summed E-state index contributed by atoms with van der Waals surface area (Å²) in [7, 11) is 0. The van der Waals surface area contributed by atoms with E-state index in [9.17, 15) is 14.9 Å². The van der Waals surface area contributed by atoms with Crippen LogP contribution in [0.1, 0.15) is 37.8 Å². The van der Waals surface area contributed by atoms with Crippen LogP contribution in [-0.2, 0) is 4.79 Å². The number of anilines is 2. The second kappa shape index (κ2) is 11.6. The second-order valence-electron chi connectivity index (χ2n) is 10.8. The van der Waals surface area contributed by atoms with Gasteiger partial charge in [0.15, 0.2) is 0 Å². The largest absolute Gasteiger partial charge is 0.398 e. The number of amides is 1. The van der Waals surface area contributed by atoms with Crippen molar-refractivity contribution >= 4 is 51.4 Å². The molecule has 4 aromatic rings. The molecule has 0 unspecified atom stereocenters. The predicted octanol–water partition coefficient (Wildman–Crippen LogP) is 6.76. The summed E-state index contributed by atoms with van der Waals surface area (Å²) >= 11 is 13.1. The van der Waals surface area contributed by atoms with Crippen LogP contribution in [0.15, 0.2) is 72.0 Å². The van der Waals surface area contributed by atoms with Crippen molar-refractivity contribution in [3.8, 4) is 22.9 Å². The molecule has 2 heterocycles. The fourth-order valence-corrected chi connectivity index (χ4v) is 6.26. The quantitative estimate of drug-likeness (QED) is 0.202. The molecule has 1 fully saturated rings. The minimum absolute atomic E-state index is 0.0197. The van der Waals surface area contributed by atoms with Crippen LogP contribution in [-0.4, -0.2) is 41.1 Å². The molecule has 5 rings (SSSR count). The van der Waals surface area contributed by atoms with Crippen LogP contribution >= 0.6 is 23.2 Å². The van der Waals surface area contributed by atoms with Gasteiger partial charge in [0.1, 0.15) is 11.6 Å². The molecule has 42 heavy (non-hydrogen) atoms. The summed E-state index contributed by atoms with van der Waals surface area (Å²) in [4.78, 5) is 30.5. The van der Waals surface area contributed by atoms with Gasteiger partial charge in [-0.3, -0.25) is 14.2 Å². The second-order valence-corrected chi connectivity index (χ2v) is 11.6. The Kier molecular flexibility index (Phi) is 8.05. The number of fused-ring (bicyclic) bond motifs is 1. The third kappa shape index (κ3) is 5.02. The SMILES string of the molecule is C=CC(=O)N1CCN(c2c(C#N)c(=O)n(-c3ccccc3C(C)C)c3cc(-c4ccc(Cl)cc4N)c(Cl)cc23)[C@@H](C)C1. The number of pyridine rings is 1. The van der Waals surface area contributed by atoms with Crippen LogP contribution in [0.3, 0.4) is 0 Å². The van der Waals surface area contributed by atoms with Crippen molar-refractivity contribution < 1.29 is 4.79 Å². The molecule has 1 atom stereocenters. The highest BCUT2D eigenvalue weighted by Gasteiger charge is 2.31. The lowest BCUT2D eigenvalue weighted by Gasteiger charge is -2.41. The number of para-hydroxylation sites is 1. The van der Waals surface area contributed by atoms with Crippen LogP contribution in [0.5, 0.6) is 0 Å². The lowest BCUT2D eigenvalue weighted by molar-refractivity contribution is -0.126. The summed E-state index contributed by atoms with van der Waals surface area (Å²) in [6.07, 6.45) is 1.30. The average molecular weight is 601 g/mol. The Balaban J connectivity index is 1.87. The van der Waals surface area contributed by atoms with Crippen molar-refractivity contribution in [3.05, 3.63) is 98.8 Å². The Morgan fingerprint density at radius 3 is 2.50 bits per heavy atom. The standard InChI is InChI=1S/C33H31Cl2N5O2/c1-5-31(41)38-12-13-39(20(4)18-38)32-25-15-27(35)24(23-11-10-21(34)14-28(23)37)16-30(25)40(33(42)26(32)17-36)29-9-7-6-8-22(29)19(2)3/h5-11,14-16,19-20H,1,12-13,18,37H2,2-4H3/t20-/m0/s1. The molecule has 0 bridgehead atoms. The maximum absolute atomic E-state index is 14.4. The molecule has 1 amide bonds. The van der Waals surface area contributed by atoms with Gasteiger partial charge in [-0.05, 0) is 54.8 Å². The Bertz CT molecular complexity index is 1840. The van der Waals surface area contributed by atoms with Gasteiger partial charge in [0.2, 0.25) is 5.91 Å². The number of hydrogen-bond donors (Lipinski definition) is 1. The van der Waals surface area contributed by atoms with Crippen molar-refractivity contribution in [1.29, 1.82) is 5.26 Å². The summed E-state index contributed by atoms with van der Waals surface area (Å²) in [5, 5.41) is 12.0. The zero-order chi connectivity index (χ0) is 30.3. The van der Waals surface area contributed by atoms with E-state index in [1.807, 2.05) is 42.2 Å². The van der Waals surface area contributed by atoms with E-state index in [1.54, 1.807) is 33.7 Å². The van der Waals surface area contributed by atoms with Gasteiger partial charge < -0.3 is 15.5 Å². The number of nitrogens with two attached hydrogens (primary N) is 1. The van der Waals surface area contributed by atoms with Crippen LogP contribution < -0.4 is 16.2 Å². The molecule has 1 aliphatic rings. The van der Waals surface area contributed by atoms with E-state index < -0.39 is 5.56 Å². The topological polar surface area (TPSA) is 95.4 Å². The van der Waals surface area contributed by atoms with Gasteiger partial charge in [-0.25, -0.2) is 0 Å². The van der Waals surface area contributed by atoms with Gasteiger partial charge in [-0.15, -0.1) is 0 Å². The number of rotatable bonds is 5. The number of nitrogens with zero attached hydrogens (tertiary/aromatic N) is 4. The van der Waals surface area contributed by atoms with Crippen molar-refractivity contribution in [1.82, 2.24) is 9.47 Å². The lowest BCUT2D eigenvalue weighted by atomic mass is 9.97. The summed E-state index contributed by atoms with van der Waals surface area (Å²) in [5.41, 5.74) is 10.5. The van der Waals surface area contributed by atoms with E-state index in [1.165, 1.54) is 6.08 Å². The van der Waals surface area contributed by atoms with E-state index in [0.29, 0.717) is 68.8 Å². The van der Waals surface area contributed by atoms with Crippen LogP contribution in [0.2, 0.25) is 10.0 Å². The summed E-state index contributed by atoms with van der Waals surface area (Å²) in [6.45, 7) is 11.0. The highest BCUT2D eigenvalue weighted by Crippen LogP contribution is 2.41. The Morgan fingerprint density at radius 1 is 1.12 bits per heavy atom. The van der Waals surface area contributed by atoms with E-state index in [0.717, 1.165) is 5.56 Å². The van der Waals surface area contributed by atoms with Crippen LogP contribution in [0, 0.1) is 11.3 Å². The van der Waals surface area contributed by atoms with E-state index >= 15 is 0 Å².